The fraction of sp³-hybridized carbons (Fsp3) is 0.550. The van der Waals surface area contributed by atoms with Crippen molar-refractivity contribution in [2.24, 2.45) is 0 Å². The largest absolute Gasteiger partial charge is 0.480 e. The summed E-state index contributed by atoms with van der Waals surface area (Å²) in [6, 6.07) is 5.36. The summed E-state index contributed by atoms with van der Waals surface area (Å²) in [5.74, 6) is -1.96. The van der Waals surface area contributed by atoms with Crippen molar-refractivity contribution < 1.29 is 34.6 Å². The molecule has 1 heterocycles. The van der Waals surface area contributed by atoms with Crippen LogP contribution in [-0.4, -0.2) is 118 Å². The molecule has 1 amide bonds. The predicted octanol–water partition coefficient (Wildman–Crippen LogP) is -0.138. The van der Waals surface area contributed by atoms with Crippen LogP contribution in [0.15, 0.2) is 24.3 Å². The van der Waals surface area contributed by atoms with Crippen molar-refractivity contribution in [1.29, 1.82) is 0 Å². The van der Waals surface area contributed by atoms with E-state index in [-0.39, 0.29) is 18.8 Å². The SMILES string of the molecule is O=C(O)CN1CCN(CC(=O)O)CCN(CC(Cc2ccc([N+](=O)[O-])cc2)NC(=O)O)CC1. The average Bonchev–Trinajstić information content (AvgIpc) is 2.79. The van der Waals surface area contributed by atoms with Crippen molar-refractivity contribution in [2.45, 2.75) is 12.5 Å². The van der Waals surface area contributed by atoms with E-state index in [9.17, 15) is 29.6 Å². The molecule has 1 aromatic carbocycles. The van der Waals surface area contributed by atoms with Crippen molar-refractivity contribution in [2.75, 3.05) is 58.9 Å². The van der Waals surface area contributed by atoms with Gasteiger partial charge in [0.25, 0.3) is 5.69 Å². The minimum atomic E-state index is -1.20. The Kier molecular flexibility index (Phi) is 9.97. The van der Waals surface area contributed by atoms with Crippen molar-refractivity contribution in [1.82, 2.24) is 20.0 Å². The number of nitrogens with one attached hydrogen (secondary N) is 1. The lowest BCUT2D eigenvalue weighted by molar-refractivity contribution is -0.384. The summed E-state index contributed by atoms with van der Waals surface area (Å²) in [6.45, 7) is 2.61. The molecule has 1 unspecified atom stereocenters. The predicted molar refractivity (Wildman–Crippen MR) is 116 cm³/mol. The number of rotatable bonds is 10. The van der Waals surface area contributed by atoms with Crippen LogP contribution < -0.4 is 5.32 Å². The van der Waals surface area contributed by atoms with E-state index in [1.54, 1.807) is 21.9 Å². The molecule has 13 heteroatoms. The van der Waals surface area contributed by atoms with Gasteiger partial charge in [0, 0.05) is 64.0 Å². The van der Waals surface area contributed by atoms with Crippen LogP contribution in [0.4, 0.5) is 10.5 Å². The highest BCUT2D eigenvalue weighted by Gasteiger charge is 2.22. The van der Waals surface area contributed by atoms with Gasteiger partial charge in [-0.25, -0.2) is 4.79 Å². The van der Waals surface area contributed by atoms with Crippen LogP contribution in [0, 0.1) is 10.1 Å². The number of hydrogen-bond acceptors (Lipinski definition) is 8. The number of benzene rings is 1. The number of amides is 1. The molecular formula is C20H29N5O8. The summed E-state index contributed by atoms with van der Waals surface area (Å²) >= 11 is 0. The van der Waals surface area contributed by atoms with E-state index >= 15 is 0 Å². The quantitative estimate of drug-likeness (QED) is 0.266. The maximum absolute atomic E-state index is 11.3. The number of carboxylic acid groups (broad SMARTS) is 3. The van der Waals surface area contributed by atoms with Crippen LogP contribution in [0.5, 0.6) is 0 Å². The van der Waals surface area contributed by atoms with E-state index < -0.39 is 29.0 Å². The van der Waals surface area contributed by atoms with Gasteiger partial charge in [-0.3, -0.25) is 34.4 Å². The van der Waals surface area contributed by atoms with Crippen LogP contribution >= 0.6 is 0 Å². The Morgan fingerprint density at radius 3 is 1.73 bits per heavy atom. The second-order valence-electron chi connectivity index (χ2n) is 7.91. The smallest absolute Gasteiger partial charge is 0.404 e. The molecule has 0 spiro atoms. The maximum atomic E-state index is 11.3. The summed E-state index contributed by atoms with van der Waals surface area (Å²) in [5, 5.41) is 40.9. The zero-order valence-electron chi connectivity index (χ0n) is 18.1. The van der Waals surface area contributed by atoms with Gasteiger partial charge >= 0.3 is 18.0 Å². The van der Waals surface area contributed by atoms with Gasteiger partial charge in [-0.2, -0.15) is 0 Å². The van der Waals surface area contributed by atoms with Gasteiger partial charge in [0.15, 0.2) is 0 Å². The molecule has 1 saturated heterocycles. The zero-order valence-corrected chi connectivity index (χ0v) is 18.1. The van der Waals surface area contributed by atoms with E-state index in [2.05, 4.69) is 5.32 Å². The average molecular weight is 467 g/mol. The molecule has 1 fully saturated rings. The summed E-state index contributed by atoms with van der Waals surface area (Å²) in [6.07, 6.45) is -0.899. The molecule has 1 aliphatic rings. The van der Waals surface area contributed by atoms with Crippen molar-refractivity contribution in [3.63, 3.8) is 0 Å². The third kappa shape index (κ3) is 9.80. The molecule has 0 aromatic heterocycles. The van der Waals surface area contributed by atoms with Gasteiger partial charge in [0.1, 0.15) is 0 Å². The normalized spacial score (nSPS) is 17.3. The Bertz CT molecular complexity index is 806. The van der Waals surface area contributed by atoms with Gasteiger partial charge < -0.3 is 20.6 Å². The molecule has 1 atom stereocenters. The Balaban J connectivity index is 2.11. The molecule has 182 valence electrons. The third-order valence-electron chi connectivity index (χ3n) is 5.35. The molecule has 0 radical (unpaired) electrons. The fourth-order valence-corrected chi connectivity index (χ4v) is 3.75. The lowest BCUT2D eigenvalue weighted by Crippen LogP contribution is -2.47. The molecule has 1 aromatic rings. The van der Waals surface area contributed by atoms with Gasteiger partial charge in [-0.15, -0.1) is 0 Å². The van der Waals surface area contributed by atoms with Gasteiger partial charge in [-0.05, 0) is 12.0 Å². The first kappa shape index (κ1) is 26.0. The molecule has 0 aliphatic carbocycles. The highest BCUT2D eigenvalue weighted by molar-refractivity contribution is 5.69. The van der Waals surface area contributed by atoms with E-state index in [0.717, 1.165) is 5.56 Å². The first-order valence-electron chi connectivity index (χ1n) is 10.5. The zero-order chi connectivity index (χ0) is 24.4. The third-order valence-corrected chi connectivity index (χ3v) is 5.35. The fourth-order valence-electron chi connectivity index (χ4n) is 3.75. The molecule has 1 aliphatic heterocycles. The van der Waals surface area contributed by atoms with Crippen LogP contribution in [0.2, 0.25) is 0 Å². The number of nitro groups is 1. The van der Waals surface area contributed by atoms with E-state index in [1.165, 1.54) is 12.1 Å². The van der Waals surface area contributed by atoms with E-state index in [0.29, 0.717) is 52.2 Å². The number of hydrogen-bond donors (Lipinski definition) is 4. The number of carbonyl (C=O) groups is 3. The minimum absolute atomic E-state index is 0.0569. The van der Waals surface area contributed by atoms with Crippen LogP contribution in [0.1, 0.15) is 5.56 Å². The number of nitro benzene ring substituents is 1. The number of nitrogens with zero attached hydrogens (tertiary/aromatic N) is 4. The van der Waals surface area contributed by atoms with Gasteiger partial charge in [0.05, 0.1) is 18.0 Å². The van der Waals surface area contributed by atoms with Crippen LogP contribution in [0.3, 0.4) is 0 Å². The standard InChI is InChI=1S/C20H29N5O8/c26-18(27)13-23-7-5-22(6-8-24(10-9-23)14-19(28)29)12-16(21-20(30)31)11-15-1-3-17(4-2-15)25(32)33/h1-4,16,21H,5-14H2,(H,26,27)(H,28,29)(H,30,31). The van der Waals surface area contributed by atoms with E-state index in [4.69, 9.17) is 10.2 Å². The Hall–Kier alpha value is -3.29. The van der Waals surface area contributed by atoms with Gasteiger partial charge in [-0.1, -0.05) is 12.1 Å². The molecule has 2 rings (SSSR count). The number of non-ortho nitro benzene ring substituents is 1. The highest BCUT2D eigenvalue weighted by Crippen LogP contribution is 2.14. The molecule has 33 heavy (non-hydrogen) atoms. The van der Waals surface area contributed by atoms with Crippen molar-refractivity contribution >= 4 is 23.7 Å². The number of aliphatic carboxylic acids is 2. The highest BCUT2D eigenvalue weighted by atomic mass is 16.6. The summed E-state index contributed by atoms with van der Waals surface area (Å²) in [4.78, 5) is 49.5. The lowest BCUT2D eigenvalue weighted by Gasteiger charge is -2.29. The molecular weight excluding hydrogens is 438 g/mol. The van der Waals surface area contributed by atoms with Crippen molar-refractivity contribution in [3.8, 4) is 0 Å². The van der Waals surface area contributed by atoms with Crippen LogP contribution in [-0.2, 0) is 16.0 Å². The Morgan fingerprint density at radius 1 is 0.879 bits per heavy atom. The first-order valence-corrected chi connectivity index (χ1v) is 10.5. The Morgan fingerprint density at radius 2 is 1.33 bits per heavy atom. The first-order chi connectivity index (χ1) is 15.6. The minimum Gasteiger partial charge on any atom is -0.480 e. The maximum Gasteiger partial charge on any atom is 0.404 e. The molecule has 0 saturated carbocycles. The van der Waals surface area contributed by atoms with Crippen molar-refractivity contribution in [3.05, 3.63) is 39.9 Å². The summed E-state index contributed by atoms with van der Waals surface area (Å²) < 4.78 is 0. The monoisotopic (exact) mass is 467 g/mol. The van der Waals surface area contributed by atoms with E-state index in [1.807, 2.05) is 4.90 Å². The molecule has 4 N–H and O–H groups in total. The molecule has 0 bridgehead atoms. The summed E-state index contributed by atoms with van der Waals surface area (Å²) in [5.41, 5.74) is 0.669. The second-order valence-corrected chi connectivity index (χ2v) is 7.91. The lowest BCUT2D eigenvalue weighted by atomic mass is 10.0. The second kappa shape index (κ2) is 12.7. The van der Waals surface area contributed by atoms with Gasteiger partial charge in [0.2, 0.25) is 0 Å². The summed E-state index contributed by atoms with van der Waals surface area (Å²) in [7, 11) is 0. The molecule has 13 nitrogen and oxygen atoms in total. The Labute approximate surface area is 190 Å². The topological polar surface area (TPSA) is 177 Å². The van der Waals surface area contributed by atoms with Crippen LogP contribution in [0.25, 0.3) is 0 Å². The number of carboxylic acids is 2.